The van der Waals surface area contributed by atoms with E-state index in [4.69, 9.17) is 9.15 Å². The van der Waals surface area contributed by atoms with E-state index in [1.165, 1.54) is 0 Å². The lowest BCUT2D eigenvalue weighted by Crippen LogP contribution is -2.11. The molecule has 1 aliphatic heterocycles. The Bertz CT molecular complexity index is 600. The molecule has 2 aromatic rings. The second-order valence-corrected chi connectivity index (χ2v) is 4.77. The zero-order valence-corrected chi connectivity index (χ0v) is 11.1. The average molecular weight is 273 g/mol. The van der Waals surface area contributed by atoms with Crippen LogP contribution in [0.3, 0.4) is 0 Å². The molecule has 6 nitrogen and oxygen atoms in total. The van der Waals surface area contributed by atoms with E-state index in [1.807, 2.05) is 19.1 Å². The molecule has 0 aliphatic carbocycles. The molecule has 1 amide bonds. The number of rotatable bonds is 3. The van der Waals surface area contributed by atoms with E-state index >= 15 is 0 Å². The molecule has 0 bridgehead atoms. The van der Waals surface area contributed by atoms with Crippen LogP contribution in [0.4, 0.5) is 6.01 Å². The molecule has 1 aliphatic rings. The Labute approximate surface area is 116 Å². The quantitative estimate of drug-likeness (QED) is 0.929. The molecule has 0 saturated carbocycles. The normalized spacial score (nSPS) is 18.1. The van der Waals surface area contributed by atoms with Crippen molar-refractivity contribution in [2.75, 3.05) is 11.9 Å². The van der Waals surface area contributed by atoms with Crippen LogP contribution >= 0.6 is 0 Å². The van der Waals surface area contributed by atoms with Crippen LogP contribution in [0.2, 0.25) is 0 Å². The van der Waals surface area contributed by atoms with Crippen molar-refractivity contribution in [1.82, 2.24) is 10.2 Å². The molecule has 1 aromatic carbocycles. The summed E-state index contributed by atoms with van der Waals surface area (Å²) in [6.07, 6.45) is 1.71. The van der Waals surface area contributed by atoms with Crippen LogP contribution in [0.25, 0.3) is 0 Å². The summed E-state index contributed by atoms with van der Waals surface area (Å²) in [5.41, 5.74) is 1.65. The summed E-state index contributed by atoms with van der Waals surface area (Å²) in [4.78, 5) is 12.0. The van der Waals surface area contributed by atoms with Gasteiger partial charge in [-0.1, -0.05) is 22.8 Å². The standard InChI is InChI=1S/C14H15N3O3/c1-9-4-6-10(7-5-9)12(18)15-14-17-16-13(20-14)11-3-2-8-19-11/h4-7,11H,2-3,8H2,1H3,(H,15,17,18). The minimum Gasteiger partial charge on any atom is -0.405 e. The summed E-state index contributed by atoms with van der Waals surface area (Å²) in [7, 11) is 0. The Kier molecular flexibility index (Phi) is 3.47. The summed E-state index contributed by atoms with van der Waals surface area (Å²) in [6, 6.07) is 7.35. The molecule has 0 radical (unpaired) electrons. The van der Waals surface area contributed by atoms with Crippen LogP contribution in [0.5, 0.6) is 0 Å². The van der Waals surface area contributed by atoms with E-state index in [1.54, 1.807) is 12.1 Å². The first-order chi connectivity index (χ1) is 9.72. The number of hydrogen-bond donors (Lipinski definition) is 1. The lowest BCUT2D eigenvalue weighted by Gasteiger charge is -2.02. The van der Waals surface area contributed by atoms with Crippen molar-refractivity contribution in [3.05, 3.63) is 41.3 Å². The molecule has 0 spiro atoms. The predicted molar refractivity (Wildman–Crippen MR) is 71.4 cm³/mol. The van der Waals surface area contributed by atoms with Crippen molar-refractivity contribution in [2.45, 2.75) is 25.9 Å². The Morgan fingerprint density at radius 1 is 1.30 bits per heavy atom. The summed E-state index contributed by atoms with van der Waals surface area (Å²) in [5.74, 6) is 0.147. The second kappa shape index (κ2) is 5.42. The van der Waals surface area contributed by atoms with Gasteiger partial charge in [0.05, 0.1) is 0 Å². The number of anilines is 1. The van der Waals surface area contributed by atoms with E-state index in [9.17, 15) is 4.79 Å². The fraction of sp³-hybridized carbons (Fsp3) is 0.357. The largest absolute Gasteiger partial charge is 0.405 e. The van der Waals surface area contributed by atoms with Gasteiger partial charge in [-0.2, -0.15) is 0 Å². The zero-order valence-electron chi connectivity index (χ0n) is 11.1. The highest BCUT2D eigenvalue weighted by Gasteiger charge is 2.24. The SMILES string of the molecule is Cc1ccc(C(=O)Nc2nnc(C3CCCO3)o2)cc1. The number of ether oxygens (including phenoxy) is 1. The third kappa shape index (κ3) is 2.70. The Hall–Kier alpha value is -2.21. The highest BCUT2D eigenvalue weighted by Crippen LogP contribution is 2.28. The number of hydrogen-bond acceptors (Lipinski definition) is 5. The van der Waals surface area contributed by atoms with Gasteiger partial charge in [0.25, 0.3) is 5.91 Å². The maximum atomic E-state index is 12.0. The maximum absolute atomic E-state index is 12.0. The Balaban J connectivity index is 1.68. The molecule has 1 N–H and O–H groups in total. The highest BCUT2D eigenvalue weighted by atomic mass is 16.5. The maximum Gasteiger partial charge on any atom is 0.322 e. The van der Waals surface area contributed by atoms with Gasteiger partial charge in [-0.05, 0) is 31.9 Å². The van der Waals surface area contributed by atoms with Crippen LogP contribution in [0.15, 0.2) is 28.7 Å². The minimum absolute atomic E-state index is 0.0982. The van der Waals surface area contributed by atoms with Crippen LogP contribution in [0, 0.1) is 6.92 Å². The van der Waals surface area contributed by atoms with Crippen molar-refractivity contribution in [1.29, 1.82) is 0 Å². The Morgan fingerprint density at radius 2 is 2.10 bits per heavy atom. The predicted octanol–water partition coefficient (Wildman–Crippen LogP) is 2.48. The van der Waals surface area contributed by atoms with E-state index < -0.39 is 0 Å². The third-order valence-electron chi connectivity index (χ3n) is 3.18. The average Bonchev–Trinajstić information content (AvgIpc) is 3.09. The van der Waals surface area contributed by atoms with E-state index in [0.29, 0.717) is 18.1 Å². The first-order valence-corrected chi connectivity index (χ1v) is 6.55. The van der Waals surface area contributed by atoms with Gasteiger partial charge in [0, 0.05) is 12.2 Å². The number of aromatic nitrogens is 2. The van der Waals surface area contributed by atoms with E-state index in [-0.39, 0.29) is 18.0 Å². The number of amides is 1. The van der Waals surface area contributed by atoms with Gasteiger partial charge in [0.15, 0.2) is 0 Å². The fourth-order valence-electron chi connectivity index (χ4n) is 2.06. The molecule has 1 unspecified atom stereocenters. The molecule has 1 fully saturated rings. The second-order valence-electron chi connectivity index (χ2n) is 4.77. The molecule has 3 rings (SSSR count). The number of nitrogens with zero attached hydrogens (tertiary/aromatic N) is 2. The van der Waals surface area contributed by atoms with Crippen LogP contribution in [-0.2, 0) is 4.74 Å². The van der Waals surface area contributed by atoms with Gasteiger partial charge in [0.1, 0.15) is 6.10 Å². The topological polar surface area (TPSA) is 77.2 Å². The first kappa shape index (κ1) is 12.8. The molecule has 1 aromatic heterocycles. The van der Waals surface area contributed by atoms with Crippen molar-refractivity contribution < 1.29 is 13.9 Å². The molecule has 1 atom stereocenters. The smallest absolute Gasteiger partial charge is 0.322 e. The van der Waals surface area contributed by atoms with Crippen LogP contribution < -0.4 is 5.32 Å². The molecule has 1 saturated heterocycles. The highest BCUT2D eigenvalue weighted by molar-refractivity contribution is 6.03. The molecular weight excluding hydrogens is 258 g/mol. The van der Waals surface area contributed by atoms with Gasteiger partial charge >= 0.3 is 6.01 Å². The van der Waals surface area contributed by atoms with Gasteiger partial charge in [0.2, 0.25) is 5.89 Å². The van der Waals surface area contributed by atoms with Crippen molar-refractivity contribution in [3.63, 3.8) is 0 Å². The number of nitrogens with one attached hydrogen (secondary N) is 1. The first-order valence-electron chi connectivity index (χ1n) is 6.55. The van der Waals surface area contributed by atoms with E-state index in [0.717, 1.165) is 18.4 Å². The Morgan fingerprint density at radius 3 is 2.80 bits per heavy atom. The monoisotopic (exact) mass is 273 g/mol. The zero-order chi connectivity index (χ0) is 13.9. The van der Waals surface area contributed by atoms with Crippen molar-refractivity contribution in [3.8, 4) is 0 Å². The molecule has 20 heavy (non-hydrogen) atoms. The van der Waals surface area contributed by atoms with Gasteiger partial charge in [-0.15, -0.1) is 5.10 Å². The minimum atomic E-state index is -0.271. The van der Waals surface area contributed by atoms with Crippen molar-refractivity contribution in [2.24, 2.45) is 0 Å². The summed E-state index contributed by atoms with van der Waals surface area (Å²) < 4.78 is 10.9. The van der Waals surface area contributed by atoms with Gasteiger partial charge in [-0.3, -0.25) is 10.1 Å². The lowest BCUT2D eigenvalue weighted by molar-refractivity contribution is 0.0893. The molecule has 104 valence electrons. The number of benzene rings is 1. The van der Waals surface area contributed by atoms with Gasteiger partial charge in [-0.25, -0.2) is 0 Å². The van der Waals surface area contributed by atoms with E-state index in [2.05, 4.69) is 15.5 Å². The number of carbonyl (C=O) groups is 1. The fourth-order valence-corrected chi connectivity index (χ4v) is 2.06. The third-order valence-corrected chi connectivity index (χ3v) is 3.18. The molecular formula is C14H15N3O3. The summed E-state index contributed by atoms with van der Waals surface area (Å²) in [6.45, 7) is 2.67. The lowest BCUT2D eigenvalue weighted by atomic mass is 10.1. The molecule has 6 heteroatoms. The van der Waals surface area contributed by atoms with Gasteiger partial charge < -0.3 is 9.15 Å². The van der Waals surface area contributed by atoms with Crippen LogP contribution in [0.1, 0.15) is 40.8 Å². The van der Waals surface area contributed by atoms with Crippen LogP contribution in [-0.4, -0.2) is 22.7 Å². The number of aryl methyl sites for hydroxylation is 1. The molecule has 2 heterocycles. The summed E-state index contributed by atoms with van der Waals surface area (Å²) >= 11 is 0. The number of carbonyl (C=O) groups excluding carboxylic acids is 1. The summed E-state index contributed by atoms with van der Waals surface area (Å²) in [5, 5.41) is 10.3. The van der Waals surface area contributed by atoms with Crippen molar-refractivity contribution >= 4 is 11.9 Å².